The van der Waals surface area contributed by atoms with Crippen LogP contribution in [0.3, 0.4) is 0 Å². The molecule has 0 aliphatic carbocycles. The summed E-state index contributed by atoms with van der Waals surface area (Å²) >= 11 is 0. The van der Waals surface area contributed by atoms with E-state index in [9.17, 15) is 0 Å². The number of aryl methyl sites for hydroxylation is 1. The Bertz CT molecular complexity index is 243. The summed E-state index contributed by atoms with van der Waals surface area (Å²) in [6.45, 7) is 5.06. The van der Waals surface area contributed by atoms with Crippen LogP contribution in [-0.2, 0) is 0 Å². The fraction of sp³-hybridized carbons (Fsp3) is 0.500. The van der Waals surface area contributed by atoms with Gasteiger partial charge in [-0.15, -0.1) is 0 Å². The highest BCUT2D eigenvalue weighted by Gasteiger charge is 1.97. The van der Waals surface area contributed by atoms with E-state index in [-0.39, 0.29) is 0 Å². The molecular weight excluding hydrogens is 162 g/mol. The molecule has 1 aromatic rings. The summed E-state index contributed by atoms with van der Waals surface area (Å²) in [5, 5.41) is 6.41. The maximum absolute atomic E-state index is 4.25. The maximum Gasteiger partial charge on any atom is 0.125 e. The van der Waals surface area contributed by atoms with Crippen LogP contribution in [0.4, 0.5) is 5.82 Å². The van der Waals surface area contributed by atoms with Gasteiger partial charge in [-0.3, -0.25) is 0 Å². The molecule has 1 heterocycles. The highest BCUT2D eigenvalue weighted by Crippen LogP contribution is 2.03. The molecule has 0 spiro atoms. The molecule has 3 nitrogen and oxygen atoms in total. The number of anilines is 1. The quantitative estimate of drug-likeness (QED) is 0.733. The lowest BCUT2D eigenvalue weighted by Crippen LogP contribution is -2.29. The number of hydrogen-bond donors (Lipinski definition) is 2. The van der Waals surface area contributed by atoms with Gasteiger partial charge in [-0.05, 0) is 32.5 Å². The zero-order valence-corrected chi connectivity index (χ0v) is 8.46. The standard InChI is InChI=1S/C10H17N3/c1-8-4-5-10(12-6-8)13-7-9(2)11-3/h4-6,9,11H,7H2,1-3H3,(H,12,13). The van der Waals surface area contributed by atoms with Gasteiger partial charge in [-0.2, -0.15) is 0 Å². The number of nitrogens with one attached hydrogen (secondary N) is 2. The maximum atomic E-state index is 4.25. The van der Waals surface area contributed by atoms with Crippen molar-refractivity contribution in [2.24, 2.45) is 0 Å². The fourth-order valence-corrected chi connectivity index (χ4v) is 0.932. The largest absolute Gasteiger partial charge is 0.369 e. The summed E-state index contributed by atoms with van der Waals surface area (Å²) in [4.78, 5) is 4.25. The number of rotatable bonds is 4. The molecule has 3 heteroatoms. The van der Waals surface area contributed by atoms with E-state index in [0.29, 0.717) is 6.04 Å². The number of nitrogens with zero attached hydrogens (tertiary/aromatic N) is 1. The molecule has 0 radical (unpaired) electrons. The summed E-state index contributed by atoms with van der Waals surface area (Å²) in [6, 6.07) is 4.51. The van der Waals surface area contributed by atoms with Gasteiger partial charge in [0, 0.05) is 18.8 Å². The summed E-state index contributed by atoms with van der Waals surface area (Å²) < 4.78 is 0. The van der Waals surface area contributed by atoms with Crippen LogP contribution in [-0.4, -0.2) is 24.6 Å². The van der Waals surface area contributed by atoms with Gasteiger partial charge in [-0.1, -0.05) is 6.07 Å². The van der Waals surface area contributed by atoms with E-state index in [2.05, 4.69) is 28.6 Å². The first-order chi connectivity index (χ1) is 6.22. The topological polar surface area (TPSA) is 37.0 Å². The Kier molecular flexibility index (Phi) is 3.71. The van der Waals surface area contributed by atoms with Crippen molar-refractivity contribution in [3.05, 3.63) is 23.9 Å². The molecule has 0 amide bonds. The van der Waals surface area contributed by atoms with Gasteiger partial charge in [0.05, 0.1) is 0 Å². The van der Waals surface area contributed by atoms with Crippen molar-refractivity contribution in [2.45, 2.75) is 19.9 Å². The monoisotopic (exact) mass is 179 g/mol. The smallest absolute Gasteiger partial charge is 0.125 e. The second-order valence-electron chi connectivity index (χ2n) is 3.29. The van der Waals surface area contributed by atoms with Crippen molar-refractivity contribution < 1.29 is 0 Å². The first-order valence-electron chi connectivity index (χ1n) is 4.56. The number of hydrogen-bond acceptors (Lipinski definition) is 3. The molecule has 0 fully saturated rings. The van der Waals surface area contributed by atoms with Gasteiger partial charge in [0.15, 0.2) is 0 Å². The molecule has 0 saturated carbocycles. The van der Waals surface area contributed by atoms with Gasteiger partial charge >= 0.3 is 0 Å². The summed E-state index contributed by atoms with van der Waals surface area (Å²) in [7, 11) is 1.95. The van der Waals surface area contributed by atoms with Crippen molar-refractivity contribution in [3.63, 3.8) is 0 Å². The molecule has 2 N–H and O–H groups in total. The molecule has 1 unspecified atom stereocenters. The minimum atomic E-state index is 0.461. The lowest BCUT2D eigenvalue weighted by atomic mass is 10.3. The molecule has 1 rings (SSSR count). The zero-order chi connectivity index (χ0) is 9.68. The Morgan fingerprint density at radius 1 is 1.46 bits per heavy atom. The predicted octanol–water partition coefficient (Wildman–Crippen LogP) is 1.41. The Morgan fingerprint density at radius 3 is 2.77 bits per heavy atom. The van der Waals surface area contributed by atoms with E-state index in [1.165, 1.54) is 5.56 Å². The zero-order valence-electron chi connectivity index (χ0n) is 8.46. The van der Waals surface area contributed by atoms with Crippen LogP contribution in [0.1, 0.15) is 12.5 Å². The summed E-state index contributed by atoms with van der Waals surface area (Å²) in [6.07, 6.45) is 1.87. The number of pyridine rings is 1. The minimum absolute atomic E-state index is 0.461. The molecule has 0 bridgehead atoms. The van der Waals surface area contributed by atoms with Gasteiger partial charge in [0.1, 0.15) is 5.82 Å². The second-order valence-corrected chi connectivity index (χ2v) is 3.29. The van der Waals surface area contributed by atoms with Crippen molar-refractivity contribution in [3.8, 4) is 0 Å². The van der Waals surface area contributed by atoms with Gasteiger partial charge in [-0.25, -0.2) is 4.98 Å². The van der Waals surface area contributed by atoms with E-state index in [0.717, 1.165) is 12.4 Å². The Hall–Kier alpha value is -1.09. The molecular formula is C10H17N3. The van der Waals surface area contributed by atoms with Crippen molar-refractivity contribution in [1.82, 2.24) is 10.3 Å². The Balaban J connectivity index is 2.41. The van der Waals surface area contributed by atoms with E-state index in [1.807, 2.05) is 26.2 Å². The van der Waals surface area contributed by atoms with Crippen LogP contribution < -0.4 is 10.6 Å². The molecule has 0 saturated heterocycles. The van der Waals surface area contributed by atoms with Gasteiger partial charge < -0.3 is 10.6 Å². The molecule has 0 aliphatic rings. The SMILES string of the molecule is CNC(C)CNc1ccc(C)cn1. The molecule has 13 heavy (non-hydrogen) atoms. The molecule has 1 atom stereocenters. The van der Waals surface area contributed by atoms with Crippen LogP contribution >= 0.6 is 0 Å². The predicted molar refractivity (Wildman–Crippen MR) is 56.0 cm³/mol. The molecule has 1 aromatic heterocycles. The first-order valence-corrected chi connectivity index (χ1v) is 4.56. The minimum Gasteiger partial charge on any atom is -0.369 e. The average molecular weight is 179 g/mol. The third-order valence-electron chi connectivity index (χ3n) is 1.99. The Morgan fingerprint density at radius 2 is 2.23 bits per heavy atom. The second kappa shape index (κ2) is 4.82. The summed E-state index contributed by atoms with van der Waals surface area (Å²) in [5.74, 6) is 0.938. The van der Waals surface area contributed by atoms with E-state index in [4.69, 9.17) is 0 Å². The van der Waals surface area contributed by atoms with Crippen LogP contribution in [0.25, 0.3) is 0 Å². The molecule has 72 valence electrons. The van der Waals surface area contributed by atoms with Crippen LogP contribution in [0, 0.1) is 6.92 Å². The molecule has 0 aliphatic heterocycles. The Labute approximate surface area is 79.6 Å². The molecule has 0 aromatic carbocycles. The third-order valence-corrected chi connectivity index (χ3v) is 1.99. The number of likely N-dealkylation sites (N-methyl/N-ethyl adjacent to an activating group) is 1. The first kappa shape index (κ1) is 9.99. The van der Waals surface area contributed by atoms with Crippen molar-refractivity contribution in [1.29, 1.82) is 0 Å². The highest BCUT2D eigenvalue weighted by molar-refractivity contribution is 5.35. The normalized spacial score (nSPS) is 12.5. The van der Waals surface area contributed by atoms with Crippen LogP contribution in [0.5, 0.6) is 0 Å². The van der Waals surface area contributed by atoms with Gasteiger partial charge in [0.2, 0.25) is 0 Å². The number of aromatic nitrogens is 1. The fourth-order valence-electron chi connectivity index (χ4n) is 0.932. The van der Waals surface area contributed by atoms with E-state index >= 15 is 0 Å². The van der Waals surface area contributed by atoms with E-state index < -0.39 is 0 Å². The van der Waals surface area contributed by atoms with Crippen LogP contribution in [0.15, 0.2) is 18.3 Å². The van der Waals surface area contributed by atoms with Crippen molar-refractivity contribution >= 4 is 5.82 Å². The van der Waals surface area contributed by atoms with E-state index in [1.54, 1.807) is 0 Å². The van der Waals surface area contributed by atoms with Gasteiger partial charge in [0.25, 0.3) is 0 Å². The third kappa shape index (κ3) is 3.42. The lowest BCUT2D eigenvalue weighted by Gasteiger charge is -2.11. The summed E-state index contributed by atoms with van der Waals surface area (Å²) in [5.41, 5.74) is 1.19. The average Bonchev–Trinajstić information content (AvgIpc) is 2.16. The van der Waals surface area contributed by atoms with Crippen molar-refractivity contribution in [2.75, 3.05) is 18.9 Å². The lowest BCUT2D eigenvalue weighted by molar-refractivity contribution is 0.637. The van der Waals surface area contributed by atoms with Crippen LogP contribution in [0.2, 0.25) is 0 Å². The highest BCUT2D eigenvalue weighted by atomic mass is 15.0.